The molecule has 3 aliphatic rings. The molecule has 9 nitrogen and oxygen atoms in total. The Labute approximate surface area is 269 Å². The molecule has 3 N–H and O–H groups in total. The quantitative estimate of drug-likeness (QED) is 0.170. The van der Waals surface area contributed by atoms with E-state index in [1.807, 2.05) is 35.8 Å². The lowest BCUT2D eigenvalue weighted by Crippen LogP contribution is -2.52. The van der Waals surface area contributed by atoms with Crippen LogP contribution in [0.15, 0.2) is 41.7 Å². The number of rotatable bonds is 11. The molecule has 0 spiro atoms. The maximum Gasteiger partial charge on any atom is 0.337 e. The summed E-state index contributed by atoms with van der Waals surface area (Å²) in [5.41, 5.74) is 11.2. The molecular weight excluding hydrogens is 590 g/mol. The Kier molecular flexibility index (Phi) is 9.70. The van der Waals surface area contributed by atoms with Crippen LogP contribution in [0.3, 0.4) is 0 Å². The van der Waals surface area contributed by atoms with Crippen molar-refractivity contribution in [2.75, 3.05) is 56.6 Å². The number of benzene rings is 2. The van der Waals surface area contributed by atoms with Gasteiger partial charge in [-0.2, -0.15) is 0 Å². The molecule has 6 rings (SSSR count). The highest BCUT2D eigenvalue weighted by Crippen LogP contribution is 2.38. The van der Waals surface area contributed by atoms with E-state index in [9.17, 15) is 18.7 Å². The lowest BCUT2D eigenvalue weighted by atomic mass is 9.92. The summed E-state index contributed by atoms with van der Waals surface area (Å²) < 4.78 is 36.3. The van der Waals surface area contributed by atoms with E-state index < -0.39 is 18.4 Å². The van der Waals surface area contributed by atoms with E-state index in [0.717, 1.165) is 81.9 Å². The first-order valence-corrected chi connectivity index (χ1v) is 16.4. The van der Waals surface area contributed by atoms with E-state index in [1.54, 1.807) is 13.3 Å². The lowest BCUT2D eigenvalue weighted by molar-refractivity contribution is -0.144. The van der Waals surface area contributed by atoms with E-state index in [2.05, 4.69) is 19.8 Å². The number of imidazole rings is 1. The minimum absolute atomic E-state index is 0.102. The molecule has 4 heterocycles. The molecule has 3 aromatic rings. The highest BCUT2D eigenvalue weighted by molar-refractivity contribution is 5.94. The van der Waals surface area contributed by atoms with Gasteiger partial charge < -0.3 is 29.9 Å². The van der Waals surface area contributed by atoms with Gasteiger partial charge in [-0.05, 0) is 93.4 Å². The molecule has 1 unspecified atom stereocenters. The largest absolute Gasteiger partial charge is 0.464 e. The standard InChI is InChI=1S/C35H44F2N6O3/c1-3-46-35(45)33(32-30-5-4-12-42(30)21-40-32)39-16-29-28(34(36)37)15-27(22(2)31(29)38)25-6-8-26(9-7-25)43-18-24(19-43)17-41-13-10-23(20-44)11-14-41/h6-9,15-16,21,23-24,33-34,44H,3-5,10-14,17-20,38H2,1-2H3. The molecule has 0 amide bonds. The number of anilines is 2. The van der Waals surface area contributed by atoms with Crippen molar-refractivity contribution in [1.82, 2.24) is 14.5 Å². The zero-order valence-corrected chi connectivity index (χ0v) is 26.7. The number of nitrogens with zero attached hydrogens (tertiary/aromatic N) is 5. The van der Waals surface area contributed by atoms with Crippen molar-refractivity contribution >= 4 is 23.6 Å². The first kappa shape index (κ1) is 32.1. The third-order valence-electron chi connectivity index (χ3n) is 9.84. The van der Waals surface area contributed by atoms with Crippen molar-refractivity contribution in [3.8, 4) is 11.1 Å². The summed E-state index contributed by atoms with van der Waals surface area (Å²) >= 11 is 0. The zero-order valence-electron chi connectivity index (χ0n) is 26.7. The van der Waals surface area contributed by atoms with Crippen molar-refractivity contribution in [2.24, 2.45) is 16.8 Å². The number of aryl methyl sites for hydroxylation is 1. The van der Waals surface area contributed by atoms with Crippen LogP contribution in [-0.4, -0.2) is 77.7 Å². The number of nitrogen functional groups attached to an aromatic ring is 1. The van der Waals surface area contributed by atoms with Gasteiger partial charge in [0.25, 0.3) is 6.43 Å². The summed E-state index contributed by atoms with van der Waals surface area (Å²) in [6.07, 6.45) is 4.02. The lowest BCUT2D eigenvalue weighted by Gasteiger charge is -2.44. The number of hydrogen-bond donors (Lipinski definition) is 2. The summed E-state index contributed by atoms with van der Waals surface area (Å²) in [4.78, 5) is 26.7. The number of aliphatic hydroxyl groups is 1. The van der Waals surface area contributed by atoms with Crippen LogP contribution in [0.4, 0.5) is 20.2 Å². The number of esters is 1. The number of carbonyl (C=O) groups is 1. The van der Waals surface area contributed by atoms with Crippen molar-refractivity contribution in [2.45, 2.75) is 58.5 Å². The number of piperidine rings is 1. The predicted octanol–water partition coefficient (Wildman–Crippen LogP) is 5.19. The molecule has 0 aliphatic carbocycles. The number of halogens is 2. The number of nitrogens with two attached hydrogens (primary N) is 1. The molecule has 1 aromatic heterocycles. The number of aromatic nitrogens is 2. The van der Waals surface area contributed by atoms with Crippen LogP contribution in [0, 0.1) is 18.8 Å². The Morgan fingerprint density at radius 1 is 1.17 bits per heavy atom. The number of hydrogen-bond acceptors (Lipinski definition) is 8. The van der Waals surface area contributed by atoms with Gasteiger partial charge in [0.1, 0.15) is 0 Å². The highest BCUT2D eigenvalue weighted by Gasteiger charge is 2.31. The normalized spacial score (nSPS) is 18.3. The van der Waals surface area contributed by atoms with Gasteiger partial charge in [-0.25, -0.2) is 18.6 Å². The number of likely N-dealkylation sites (tertiary alicyclic amines) is 1. The molecule has 246 valence electrons. The zero-order chi connectivity index (χ0) is 32.4. The number of fused-ring (bicyclic) bond motifs is 1. The summed E-state index contributed by atoms with van der Waals surface area (Å²) in [6.45, 7) is 9.99. The first-order chi connectivity index (χ1) is 22.3. The Hall–Kier alpha value is -3.83. The van der Waals surface area contributed by atoms with Crippen LogP contribution in [0.1, 0.15) is 66.7 Å². The summed E-state index contributed by atoms with van der Waals surface area (Å²) in [7, 11) is 0. The fourth-order valence-electron chi connectivity index (χ4n) is 7.08. The van der Waals surface area contributed by atoms with E-state index in [-0.39, 0.29) is 23.4 Å². The summed E-state index contributed by atoms with van der Waals surface area (Å²) in [5.74, 6) is 0.492. The molecule has 3 aliphatic heterocycles. The number of carbonyl (C=O) groups excluding carboxylic acids is 1. The minimum Gasteiger partial charge on any atom is -0.464 e. The van der Waals surface area contributed by atoms with Crippen molar-refractivity contribution < 1.29 is 23.4 Å². The van der Waals surface area contributed by atoms with Gasteiger partial charge in [-0.3, -0.25) is 4.99 Å². The summed E-state index contributed by atoms with van der Waals surface area (Å²) in [6, 6.07) is 8.43. The second-order valence-corrected chi connectivity index (χ2v) is 12.8. The monoisotopic (exact) mass is 634 g/mol. The minimum atomic E-state index is -2.80. The van der Waals surface area contributed by atoms with Gasteiger partial charge in [0.05, 0.1) is 18.6 Å². The predicted molar refractivity (Wildman–Crippen MR) is 175 cm³/mol. The molecule has 2 fully saturated rings. The molecule has 1 atom stereocenters. The van der Waals surface area contributed by atoms with Crippen LogP contribution < -0.4 is 10.6 Å². The molecule has 2 aromatic carbocycles. The van der Waals surface area contributed by atoms with Gasteiger partial charge in [0.15, 0.2) is 6.04 Å². The average Bonchev–Trinajstić information content (AvgIpc) is 3.66. The van der Waals surface area contributed by atoms with Crippen LogP contribution in [0.25, 0.3) is 11.1 Å². The van der Waals surface area contributed by atoms with Gasteiger partial charge >= 0.3 is 5.97 Å². The first-order valence-electron chi connectivity index (χ1n) is 16.4. The van der Waals surface area contributed by atoms with Gasteiger partial charge in [0, 0.05) is 73.1 Å². The molecule has 11 heteroatoms. The Morgan fingerprint density at radius 3 is 2.59 bits per heavy atom. The van der Waals surface area contributed by atoms with Gasteiger partial charge in [-0.1, -0.05) is 12.1 Å². The Bertz CT molecular complexity index is 1560. The Morgan fingerprint density at radius 2 is 1.91 bits per heavy atom. The fourth-order valence-corrected chi connectivity index (χ4v) is 7.08. The van der Waals surface area contributed by atoms with Crippen LogP contribution in [-0.2, 0) is 22.5 Å². The third-order valence-corrected chi connectivity index (χ3v) is 9.84. The molecule has 2 saturated heterocycles. The fraction of sp³-hybridized carbons (Fsp3) is 0.514. The maximum atomic E-state index is 14.5. The Balaban J connectivity index is 1.18. The second-order valence-electron chi connectivity index (χ2n) is 12.8. The van der Waals surface area contributed by atoms with Gasteiger partial charge in [-0.15, -0.1) is 0 Å². The van der Waals surface area contributed by atoms with Crippen molar-refractivity contribution in [3.05, 3.63) is 64.7 Å². The maximum absolute atomic E-state index is 14.5. The molecule has 46 heavy (non-hydrogen) atoms. The van der Waals surface area contributed by atoms with E-state index in [4.69, 9.17) is 10.5 Å². The molecule has 0 bridgehead atoms. The molecular formula is C35H44F2N6O3. The third kappa shape index (κ3) is 6.53. The highest BCUT2D eigenvalue weighted by atomic mass is 19.3. The smallest absolute Gasteiger partial charge is 0.337 e. The van der Waals surface area contributed by atoms with E-state index >= 15 is 0 Å². The van der Waals surface area contributed by atoms with E-state index in [1.165, 1.54) is 12.3 Å². The van der Waals surface area contributed by atoms with Crippen LogP contribution in [0.5, 0.6) is 0 Å². The number of ether oxygens (including phenoxy) is 1. The second kappa shape index (κ2) is 13.9. The summed E-state index contributed by atoms with van der Waals surface area (Å²) in [5, 5.41) is 9.39. The SMILES string of the molecule is CCOC(=O)C(N=Cc1c(C(F)F)cc(-c2ccc(N3CC(CN4CCC(CO)CC4)C3)cc2)c(C)c1N)c1ncn2c1CCC2. The molecule has 0 radical (unpaired) electrons. The number of aliphatic imine (C=N–C) groups is 1. The van der Waals surface area contributed by atoms with Crippen molar-refractivity contribution in [3.63, 3.8) is 0 Å². The van der Waals surface area contributed by atoms with Crippen LogP contribution >= 0.6 is 0 Å². The van der Waals surface area contributed by atoms with E-state index in [0.29, 0.717) is 35.3 Å². The van der Waals surface area contributed by atoms with Crippen molar-refractivity contribution in [1.29, 1.82) is 0 Å². The van der Waals surface area contributed by atoms with Gasteiger partial charge in [0.2, 0.25) is 0 Å². The number of alkyl halides is 2. The van der Waals surface area contributed by atoms with Crippen LogP contribution in [0.2, 0.25) is 0 Å². The molecule has 0 saturated carbocycles. The topological polar surface area (TPSA) is 109 Å². The average molecular weight is 635 g/mol. The number of aliphatic hydroxyl groups excluding tert-OH is 1.